The van der Waals surface area contributed by atoms with Crippen molar-refractivity contribution >= 4 is 28.5 Å². The Balaban J connectivity index is 2.09. The van der Waals surface area contributed by atoms with Crippen LogP contribution in [0.5, 0.6) is 5.75 Å². The first-order valence-electron chi connectivity index (χ1n) is 6.61. The van der Waals surface area contributed by atoms with Gasteiger partial charge in [-0.15, -0.1) is 0 Å². The van der Waals surface area contributed by atoms with Gasteiger partial charge in [0.25, 0.3) is 0 Å². The molecule has 0 aliphatic rings. The molecule has 1 heterocycles. The van der Waals surface area contributed by atoms with Gasteiger partial charge in [-0.05, 0) is 26.0 Å². The van der Waals surface area contributed by atoms with E-state index in [1.807, 2.05) is 38.1 Å². The Labute approximate surface area is 127 Å². The zero-order chi connectivity index (χ0) is 15.2. The number of hydrogen-bond donors (Lipinski definition) is 1. The third-order valence-corrected chi connectivity index (χ3v) is 3.86. The van der Waals surface area contributed by atoms with Gasteiger partial charge in [0.2, 0.25) is 5.13 Å². The quantitative estimate of drug-likeness (QED) is 0.504. The predicted molar refractivity (Wildman–Crippen MR) is 85.7 cm³/mol. The molecule has 0 atom stereocenters. The number of carbonyl (C=O) groups is 1. The van der Waals surface area contributed by atoms with Gasteiger partial charge in [-0.1, -0.05) is 23.5 Å². The molecule has 0 radical (unpaired) electrons. The van der Waals surface area contributed by atoms with Crippen LogP contribution in [-0.2, 0) is 0 Å². The molecule has 0 fully saturated rings. The molecule has 1 N–H and O–H groups in total. The molecule has 1 aromatic carbocycles. The van der Waals surface area contributed by atoms with Gasteiger partial charge in [-0.3, -0.25) is 10.2 Å². The van der Waals surface area contributed by atoms with Crippen molar-refractivity contribution < 1.29 is 9.53 Å². The molecule has 2 rings (SSSR count). The van der Waals surface area contributed by atoms with Crippen LogP contribution >= 0.6 is 11.3 Å². The van der Waals surface area contributed by atoms with Crippen molar-refractivity contribution in [1.29, 1.82) is 0 Å². The fourth-order valence-electron chi connectivity index (χ4n) is 1.80. The zero-order valence-electron chi connectivity index (χ0n) is 12.2. The summed E-state index contributed by atoms with van der Waals surface area (Å²) in [6, 6.07) is 7.65. The van der Waals surface area contributed by atoms with Crippen LogP contribution in [0.25, 0.3) is 0 Å². The summed E-state index contributed by atoms with van der Waals surface area (Å²) in [5, 5.41) is 4.75. The van der Waals surface area contributed by atoms with E-state index in [0.717, 1.165) is 17.0 Å². The van der Waals surface area contributed by atoms with E-state index in [0.29, 0.717) is 16.6 Å². The minimum atomic E-state index is 0.0173. The highest BCUT2D eigenvalue weighted by Gasteiger charge is 2.10. The minimum absolute atomic E-state index is 0.0173. The Morgan fingerprint density at radius 2 is 2.24 bits per heavy atom. The Bertz CT molecular complexity index is 665. The first-order valence-corrected chi connectivity index (χ1v) is 7.42. The standard InChI is InChI=1S/C15H17N3O2S/c1-4-20-13-8-6-5-7-12(13)9-16-18-15-17-10(2)14(21-15)11(3)19/h5-9H,4H2,1-3H3,(H,17,18)/b16-9-. The molecule has 21 heavy (non-hydrogen) atoms. The van der Waals surface area contributed by atoms with Crippen LogP contribution in [0.1, 0.15) is 34.8 Å². The second kappa shape index (κ2) is 6.99. The number of benzene rings is 1. The number of hydrazone groups is 1. The number of nitrogens with zero attached hydrogens (tertiary/aromatic N) is 2. The maximum Gasteiger partial charge on any atom is 0.204 e. The second-order valence-corrected chi connectivity index (χ2v) is 5.33. The third kappa shape index (κ3) is 3.88. The number of nitrogens with one attached hydrogen (secondary N) is 1. The smallest absolute Gasteiger partial charge is 0.204 e. The van der Waals surface area contributed by atoms with Gasteiger partial charge in [-0.2, -0.15) is 5.10 Å². The van der Waals surface area contributed by atoms with Crippen LogP contribution in [0.4, 0.5) is 5.13 Å². The minimum Gasteiger partial charge on any atom is -0.493 e. The van der Waals surface area contributed by atoms with Crippen LogP contribution in [0, 0.1) is 6.92 Å². The Morgan fingerprint density at radius 3 is 2.90 bits per heavy atom. The van der Waals surface area contributed by atoms with Crippen LogP contribution in [-0.4, -0.2) is 23.6 Å². The number of ketones is 1. The number of anilines is 1. The fourth-order valence-corrected chi connectivity index (χ4v) is 2.61. The summed E-state index contributed by atoms with van der Waals surface area (Å²) in [5.41, 5.74) is 4.45. The van der Waals surface area contributed by atoms with Crippen molar-refractivity contribution in [3.63, 3.8) is 0 Å². The van der Waals surface area contributed by atoms with Gasteiger partial charge in [0.1, 0.15) is 5.75 Å². The molecule has 0 aliphatic heterocycles. The van der Waals surface area contributed by atoms with Crippen LogP contribution in [0.3, 0.4) is 0 Å². The fraction of sp³-hybridized carbons (Fsp3) is 0.267. The summed E-state index contributed by atoms with van der Waals surface area (Å²) in [7, 11) is 0. The SMILES string of the molecule is CCOc1ccccc1/C=N\Nc1nc(C)c(C(C)=O)s1. The lowest BCUT2D eigenvalue weighted by Gasteiger charge is -2.05. The normalized spacial score (nSPS) is 10.8. The topological polar surface area (TPSA) is 63.6 Å². The Hall–Kier alpha value is -2.21. The van der Waals surface area contributed by atoms with Crippen LogP contribution < -0.4 is 10.2 Å². The summed E-state index contributed by atoms with van der Waals surface area (Å²) in [6.45, 7) is 5.89. The number of para-hydroxylation sites is 1. The van der Waals surface area contributed by atoms with E-state index in [2.05, 4.69) is 15.5 Å². The molecule has 6 heteroatoms. The molecule has 0 saturated heterocycles. The van der Waals surface area contributed by atoms with Crippen molar-refractivity contribution in [2.45, 2.75) is 20.8 Å². The highest BCUT2D eigenvalue weighted by atomic mass is 32.1. The van der Waals surface area contributed by atoms with E-state index < -0.39 is 0 Å². The second-order valence-electron chi connectivity index (χ2n) is 4.33. The molecular weight excluding hydrogens is 286 g/mol. The van der Waals surface area contributed by atoms with Crippen molar-refractivity contribution in [2.24, 2.45) is 5.10 Å². The van der Waals surface area contributed by atoms with Crippen molar-refractivity contribution in [2.75, 3.05) is 12.0 Å². The maximum atomic E-state index is 11.4. The lowest BCUT2D eigenvalue weighted by Crippen LogP contribution is -1.97. The highest BCUT2D eigenvalue weighted by molar-refractivity contribution is 7.17. The van der Waals surface area contributed by atoms with Gasteiger partial charge >= 0.3 is 0 Å². The molecule has 1 aromatic heterocycles. The summed E-state index contributed by atoms with van der Waals surface area (Å²) in [4.78, 5) is 16.3. The first kappa shape index (κ1) is 15.2. The first-order chi connectivity index (χ1) is 10.1. The molecule has 0 unspecified atom stereocenters. The van der Waals surface area contributed by atoms with E-state index in [9.17, 15) is 4.79 Å². The molecule has 0 spiro atoms. The van der Waals surface area contributed by atoms with Crippen LogP contribution in [0.2, 0.25) is 0 Å². The molecule has 5 nitrogen and oxygen atoms in total. The highest BCUT2D eigenvalue weighted by Crippen LogP contribution is 2.23. The summed E-state index contributed by atoms with van der Waals surface area (Å²) in [5.74, 6) is 0.800. The zero-order valence-corrected chi connectivity index (χ0v) is 13.0. The summed E-state index contributed by atoms with van der Waals surface area (Å²) in [6.07, 6.45) is 1.68. The van der Waals surface area contributed by atoms with E-state index >= 15 is 0 Å². The van der Waals surface area contributed by atoms with Gasteiger partial charge < -0.3 is 4.74 Å². The van der Waals surface area contributed by atoms with E-state index in [1.165, 1.54) is 18.3 Å². The third-order valence-electron chi connectivity index (χ3n) is 2.70. The van der Waals surface area contributed by atoms with E-state index in [-0.39, 0.29) is 5.78 Å². The van der Waals surface area contributed by atoms with Crippen molar-refractivity contribution in [3.05, 3.63) is 40.4 Å². The van der Waals surface area contributed by atoms with Crippen LogP contribution in [0.15, 0.2) is 29.4 Å². The molecule has 0 bridgehead atoms. The van der Waals surface area contributed by atoms with Gasteiger partial charge in [0.05, 0.1) is 23.4 Å². The molecule has 0 aliphatic carbocycles. The molecular formula is C15H17N3O2S. The molecule has 0 amide bonds. The largest absolute Gasteiger partial charge is 0.493 e. The number of aryl methyl sites for hydroxylation is 1. The molecule has 110 valence electrons. The monoisotopic (exact) mass is 303 g/mol. The number of Topliss-reactive ketones (excluding diaryl/α,β-unsaturated/α-hetero) is 1. The maximum absolute atomic E-state index is 11.4. The van der Waals surface area contributed by atoms with Gasteiger partial charge in [0, 0.05) is 12.5 Å². The van der Waals surface area contributed by atoms with Gasteiger partial charge in [0.15, 0.2) is 5.78 Å². The Kier molecular flexibility index (Phi) is 5.05. The molecule has 2 aromatic rings. The number of aromatic nitrogens is 1. The number of carbonyl (C=O) groups excluding carboxylic acids is 1. The van der Waals surface area contributed by atoms with Gasteiger partial charge in [-0.25, -0.2) is 4.98 Å². The average Bonchev–Trinajstić information content (AvgIpc) is 2.82. The lowest BCUT2D eigenvalue weighted by atomic mass is 10.2. The predicted octanol–water partition coefficient (Wildman–Crippen LogP) is 3.50. The van der Waals surface area contributed by atoms with Crippen molar-refractivity contribution in [3.8, 4) is 5.75 Å². The summed E-state index contributed by atoms with van der Waals surface area (Å²) < 4.78 is 5.52. The van der Waals surface area contributed by atoms with E-state index in [4.69, 9.17) is 4.74 Å². The molecule has 0 saturated carbocycles. The van der Waals surface area contributed by atoms with E-state index in [1.54, 1.807) is 6.21 Å². The number of ether oxygens (including phenoxy) is 1. The number of hydrogen-bond acceptors (Lipinski definition) is 6. The number of rotatable bonds is 6. The summed E-state index contributed by atoms with van der Waals surface area (Å²) >= 11 is 1.30. The van der Waals surface area contributed by atoms with Crippen molar-refractivity contribution in [1.82, 2.24) is 4.98 Å². The average molecular weight is 303 g/mol. The number of thiazole rings is 1. The lowest BCUT2D eigenvalue weighted by molar-refractivity contribution is 0.102. The Morgan fingerprint density at radius 1 is 1.48 bits per heavy atom.